The van der Waals surface area contributed by atoms with Crippen LogP contribution in [0.5, 0.6) is 0 Å². The van der Waals surface area contributed by atoms with Crippen molar-refractivity contribution in [3.63, 3.8) is 0 Å². The van der Waals surface area contributed by atoms with Crippen molar-refractivity contribution in [1.82, 2.24) is 5.32 Å². The Labute approximate surface area is 444 Å². The number of ether oxygens (including phenoxy) is 1. The molecule has 0 aromatic rings. The predicted molar refractivity (Wildman–Crippen MR) is 310 cm³/mol. The first-order valence-electron chi connectivity index (χ1n) is 32.4. The quantitative estimate of drug-likeness (QED) is 0.0320. The summed E-state index contributed by atoms with van der Waals surface area (Å²) in [6.45, 7) is 4.94. The van der Waals surface area contributed by atoms with E-state index in [1.54, 1.807) is 0 Å². The lowest BCUT2D eigenvalue weighted by Gasteiger charge is -2.22. The molecule has 0 spiro atoms. The van der Waals surface area contributed by atoms with Crippen LogP contribution in [0.15, 0.2) is 12.2 Å². The van der Waals surface area contributed by atoms with Crippen LogP contribution in [-0.2, 0) is 14.3 Å². The van der Waals surface area contributed by atoms with Crippen molar-refractivity contribution in [3.8, 4) is 0 Å². The van der Waals surface area contributed by atoms with E-state index in [1.807, 2.05) is 0 Å². The summed E-state index contributed by atoms with van der Waals surface area (Å²) in [6.07, 6.45) is 73.7. The van der Waals surface area contributed by atoms with E-state index in [1.165, 1.54) is 289 Å². The van der Waals surface area contributed by atoms with Crippen LogP contribution in [0.3, 0.4) is 0 Å². The molecule has 422 valence electrons. The molecule has 0 heterocycles. The predicted octanol–water partition coefficient (Wildman–Crippen LogP) is 20.4. The fourth-order valence-corrected chi connectivity index (χ4v) is 10.3. The Morgan fingerprint density at radius 3 is 1.04 bits per heavy atom. The Bertz CT molecular complexity index is 1060. The second-order valence-corrected chi connectivity index (χ2v) is 22.5. The summed E-state index contributed by atoms with van der Waals surface area (Å²) < 4.78 is 5.46. The van der Waals surface area contributed by atoms with E-state index in [0.717, 1.165) is 44.9 Å². The lowest BCUT2D eigenvalue weighted by Crippen LogP contribution is -2.45. The van der Waals surface area contributed by atoms with Crippen LogP contribution in [0.2, 0.25) is 0 Å². The van der Waals surface area contributed by atoms with Crippen LogP contribution in [0.1, 0.15) is 367 Å². The van der Waals surface area contributed by atoms with Gasteiger partial charge in [0, 0.05) is 12.8 Å². The Morgan fingerprint density at radius 1 is 0.380 bits per heavy atom. The maximum absolute atomic E-state index is 12.5. The van der Waals surface area contributed by atoms with Gasteiger partial charge < -0.3 is 20.3 Å². The fraction of sp³-hybridized carbons (Fsp3) is 0.938. The van der Waals surface area contributed by atoms with Gasteiger partial charge in [0.05, 0.1) is 25.4 Å². The van der Waals surface area contributed by atoms with Gasteiger partial charge in [-0.15, -0.1) is 0 Å². The Morgan fingerprint density at radius 2 is 0.676 bits per heavy atom. The number of aliphatic hydroxyl groups excluding tert-OH is 2. The van der Waals surface area contributed by atoms with Gasteiger partial charge in [0.1, 0.15) is 0 Å². The number of allylic oxidation sites excluding steroid dienone is 2. The number of hydrogen-bond acceptors (Lipinski definition) is 5. The standard InChI is InChI=1S/C65H127NO5/c1-3-5-7-9-11-13-15-16-17-18-19-20-21-22-25-28-31-34-38-41-45-49-53-57-63(68)62(61-67)66-64(69)58-54-50-46-42-39-35-32-29-26-23-24-27-30-33-36-40-44-48-52-56-60-71-65(70)59-55-51-47-43-37-14-12-10-8-6-4-2/h10,12,62-63,67-68H,3-9,11,13-61H2,1-2H3,(H,66,69)/b12-10-. The van der Waals surface area contributed by atoms with Crippen molar-refractivity contribution < 1.29 is 24.5 Å². The highest BCUT2D eigenvalue weighted by atomic mass is 16.5. The van der Waals surface area contributed by atoms with Gasteiger partial charge >= 0.3 is 5.97 Å². The summed E-state index contributed by atoms with van der Waals surface area (Å²) in [6, 6.07) is -0.543. The minimum Gasteiger partial charge on any atom is -0.466 e. The molecular formula is C65H127NO5. The second-order valence-electron chi connectivity index (χ2n) is 22.5. The van der Waals surface area contributed by atoms with Crippen LogP contribution in [-0.4, -0.2) is 47.4 Å². The molecule has 0 saturated heterocycles. The summed E-state index contributed by atoms with van der Waals surface area (Å²) in [7, 11) is 0. The van der Waals surface area contributed by atoms with E-state index >= 15 is 0 Å². The molecule has 3 N–H and O–H groups in total. The molecule has 6 heteroatoms. The van der Waals surface area contributed by atoms with E-state index < -0.39 is 12.1 Å². The summed E-state index contributed by atoms with van der Waals surface area (Å²) in [5, 5.41) is 23.4. The molecular weight excluding hydrogens is 875 g/mol. The van der Waals surface area contributed by atoms with E-state index in [2.05, 4.69) is 31.3 Å². The molecule has 0 aliphatic heterocycles. The molecule has 0 bridgehead atoms. The van der Waals surface area contributed by atoms with Gasteiger partial charge in [-0.3, -0.25) is 9.59 Å². The van der Waals surface area contributed by atoms with E-state index in [0.29, 0.717) is 25.9 Å². The molecule has 6 nitrogen and oxygen atoms in total. The summed E-state index contributed by atoms with van der Waals surface area (Å²) in [5.41, 5.74) is 0. The van der Waals surface area contributed by atoms with Gasteiger partial charge in [-0.1, -0.05) is 321 Å². The third-order valence-electron chi connectivity index (χ3n) is 15.3. The van der Waals surface area contributed by atoms with Crippen molar-refractivity contribution in [2.24, 2.45) is 0 Å². The van der Waals surface area contributed by atoms with Crippen LogP contribution >= 0.6 is 0 Å². The molecule has 0 rings (SSSR count). The highest BCUT2D eigenvalue weighted by Crippen LogP contribution is 2.19. The number of aliphatic hydroxyl groups is 2. The molecule has 2 atom stereocenters. The van der Waals surface area contributed by atoms with Crippen LogP contribution in [0.25, 0.3) is 0 Å². The molecule has 2 unspecified atom stereocenters. The monoisotopic (exact) mass is 1000 g/mol. The first-order valence-corrected chi connectivity index (χ1v) is 32.4. The SMILES string of the molecule is CCCC/C=C\CCCCCCCC(=O)OCCCCCCCCCCCCCCCCCCCCCCC(=O)NC(CO)C(O)CCCCCCCCCCCCCCCCCCCCCCCCC. The minimum absolute atomic E-state index is 0.000518. The maximum Gasteiger partial charge on any atom is 0.305 e. The minimum atomic E-state index is -0.666. The number of unbranched alkanes of at least 4 members (excludes halogenated alkanes) is 48. The molecule has 0 aliphatic rings. The van der Waals surface area contributed by atoms with E-state index in [-0.39, 0.29) is 18.5 Å². The van der Waals surface area contributed by atoms with Crippen LogP contribution in [0.4, 0.5) is 0 Å². The molecule has 0 aliphatic carbocycles. The average Bonchev–Trinajstić information content (AvgIpc) is 3.37. The Hall–Kier alpha value is -1.40. The van der Waals surface area contributed by atoms with Gasteiger partial charge in [0.25, 0.3) is 0 Å². The third-order valence-corrected chi connectivity index (χ3v) is 15.3. The lowest BCUT2D eigenvalue weighted by atomic mass is 10.0. The average molecular weight is 1000 g/mol. The largest absolute Gasteiger partial charge is 0.466 e. The molecule has 1 amide bonds. The zero-order chi connectivity index (χ0) is 51.4. The van der Waals surface area contributed by atoms with Gasteiger partial charge in [-0.2, -0.15) is 0 Å². The lowest BCUT2D eigenvalue weighted by molar-refractivity contribution is -0.143. The maximum atomic E-state index is 12.5. The smallest absolute Gasteiger partial charge is 0.305 e. The number of carbonyl (C=O) groups excluding carboxylic acids is 2. The van der Waals surface area contributed by atoms with Gasteiger partial charge in [0.2, 0.25) is 5.91 Å². The molecule has 0 aromatic heterocycles. The van der Waals surface area contributed by atoms with Gasteiger partial charge in [-0.05, 0) is 44.9 Å². The number of amides is 1. The normalized spacial score (nSPS) is 12.6. The highest BCUT2D eigenvalue weighted by Gasteiger charge is 2.20. The highest BCUT2D eigenvalue weighted by molar-refractivity contribution is 5.76. The molecule has 0 fully saturated rings. The molecule has 71 heavy (non-hydrogen) atoms. The topological polar surface area (TPSA) is 95.9 Å². The van der Waals surface area contributed by atoms with Crippen molar-refractivity contribution in [1.29, 1.82) is 0 Å². The van der Waals surface area contributed by atoms with Crippen LogP contribution in [0, 0.1) is 0 Å². The van der Waals surface area contributed by atoms with E-state index in [4.69, 9.17) is 4.74 Å². The number of esters is 1. The zero-order valence-corrected chi connectivity index (χ0v) is 48.2. The van der Waals surface area contributed by atoms with Crippen molar-refractivity contribution in [3.05, 3.63) is 12.2 Å². The first kappa shape index (κ1) is 69.6. The first-order chi connectivity index (χ1) is 35.0. The van der Waals surface area contributed by atoms with Crippen molar-refractivity contribution in [2.75, 3.05) is 13.2 Å². The zero-order valence-electron chi connectivity index (χ0n) is 48.2. The van der Waals surface area contributed by atoms with Crippen molar-refractivity contribution >= 4 is 11.9 Å². The summed E-state index contributed by atoms with van der Waals surface area (Å²) in [4.78, 5) is 24.5. The number of carbonyl (C=O) groups is 2. The Kier molecular flexibility index (Phi) is 59.9. The van der Waals surface area contributed by atoms with Crippen molar-refractivity contribution in [2.45, 2.75) is 379 Å². The fourth-order valence-electron chi connectivity index (χ4n) is 10.3. The molecule has 0 aromatic carbocycles. The number of nitrogens with one attached hydrogen (secondary N) is 1. The number of hydrogen-bond donors (Lipinski definition) is 3. The molecule has 0 radical (unpaired) electrons. The second kappa shape index (κ2) is 61.1. The summed E-state index contributed by atoms with van der Waals surface area (Å²) >= 11 is 0. The van der Waals surface area contributed by atoms with Gasteiger partial charge in [0.15, 0.2) is 0 Å². The Balaban J connectivity index is 3.40. The molecule has 0 saturated carbocycles. The van der Waals surface area contributed by atoms with Crippen LogP contribution < -0.4 is 5.32 Å². The third kappa shape index (κ3) is 57.7. The number of rotatable bonds is 61. The summed E-state index contributed by atoms with van der Waals surface area (Å²) in [5.74, 6) is -0.0319. The van der Waals surface area contributed by atoms with Gasteiger partial charge in [-0.25, -0.2) is 0 Å². The van der Waals surface area contributed by atoms with E-state index in [9.17, 15) is 19.8 Å².